The van der Waals surface area contributed by atoms with E-state index in [4.69, 9.17) is 28.9 Å². The maximum Gasteiger partial charge on any atom is 0.305 e. The highest BCUT2D eigenvalue weighted by Crippen LogP contribution is 2.30. The molecular weight excluding hydrogens is 1030 g/mol. The summed E-state index contributed by atoms with van der Waals surface area (Å²) in [5.41, 5.74) is 4.38. The van der Waals surface area contributed by atoms with Crippen LogP contribution in [0.3, 0.4) is 0 Å². The van der Waals surface area contributed by atoms with Gasteiger partial charge in [0.05, 0.1) is 82.1 Å². The summed E-state index contributed by atoms with van der Waals surface area (Å²) in [5, 5.41) is 20.0. The molecule has 0 aromatic heterocycles. The van der Waals surface area contributed by atoms with E-state index in [9.17, 15) is 38.4 Å². The summed E-state index contributed by atoms with van der Waals surface area (Å²) < 4.78 is 22.6. The first kappa shape index (κ1) is 68.2. The molecule has 0 radical (unpaired) electrons. The van der Waals surface area contributed by atoms with Gasteiger partial charge in [-0.1, -0.05) is 97.4 Å². The van der Waals surface area contributed by atoms with Gasteiger partial charge in [0.25, 0.3) is 5.91 Å². The number of nitrogens with one attached hydrogen (secondary N) is 5. The number of nitrogens with zero attached hydrogens (tertiary/aromatic N) is 3. The summed E-state index contributed by atoms with van der Waals surface area (Å²) in [4.78, 5) is 117. The Kier molecular flexibility index (Phi) is 29.8. The maximum absolute atomic E-state index is 14.5. The van der Waals surface area contributed by atoms with Crippen molar-refractivity contribution in [1.82, 2.24) is 36.1 Å². The minimum atomic E-state index is -1.07. The van der Waals surface area contributed by atoms with Crippen molar-refractivity contribution in [1.29, 1.82) is 0 Å². The first-order chi connectivity index (χ1) is 37.9. The van der Waals surface area contributed by atoms with Crippen molar-refractivity contribution in [3.05, 3.63) is 65.7 Å². The summed E-state index contributed by atoms with van der Waals surface area (Å²) >= 11 is 0. The molecule has 6 N–H and O–H groups in total. The molecule has 2 aromatic carbocycles. The number of carboxylic acids is 1. The number of anilines is 1. The van der Waals surface area contributed by atoms with E-state index in [1.54, 1.807) is 55.0 Å². The predicted molar refractivity (Wildman–Crippen MR) is 301 cm³/mol. The van der Waals surface area contributed by atoms with Crippen molar-refractivity contribution >= 4 is 53.0 Å². The van der Waals surface area contributed by atoms with Crippen LogP contribution in [0.4, 0.5) is 5.69 Å². The number of hydrogen-bond acceptors (Lipinski definition) is 14. The Morgan fingerprint density at radius 3 is 1.93 bits per heavy atom. The minimum absolute atomic E-state index is 0.00597. The van der Waals surface area contributed by atoms with Gasteiger partial charge in [0.1, 0.15) is 18.1 Å². The summed E-state index contributed by atoms with van der Waals surface area (Å²) in [7, 11) is 8.41. The van der Waals surface area contributed by atoms with Crippen LogP contribution < -0.4 is 26.7 Å². The Bertz CT molecular complexity index is 2260. The van der Waals surface area contributed by atoms with E-state index in [0.717, 1.165) is 5.56 Å². The van der Waals surface area contributed by atoms with Crippen LogP contribution in [0.1, 0.15) is 105 Å². The highest BCUT2D eigenvalue weighted by atomic mass is 16.7. The molecule has 22 nitrogen and oxygen atoms in total. The zero-order valence-electron chi connectivity index (χ0n) is 49.4. The van der Waals surface area contributed by atoms with Crippen molar-refractivity contribution < 1.29 is 67.2 Å². The van der Waals surface area contributed by atoms with Gasteiger partial charge in [-0.05, 0) is 74.9 Å². The summed E-state index contributed by atoms with van der Waals surface area (Å²) in [6.07, 6.45) is 0.451. The molecule has 1 saturated heterocycles. The number of ether oxygens (including phenoxy) is 4. The highest BCUT2D eigenvalue weighted by molar-refractivity contribution is 5.97. The normalized spacial score (nSPS) is 16.9. The summed E-state index contributed by atoms with van der Waals surface area (Å²) in [6.45, 7) is 15.9. The molecule has 0 unspecified atom stereocenters. The standard InChI is InChI=1S/C58H92N8O14/c1-14-38(6)52(65(11)58(75)50(36(2)3)62-57(74)51(37(4)5)64(9)10)46(76-12)34-48(68)66-28-18-21-45(66)53(77-13)39(7)54(71)61-44(33-41-19-16-15-17-20-41)56(73)63-80-35-42-22-24-43(25-23-42)60-55(72)40(8)59-47(67)26-29-78-31-32-79-30-27-49(69)70/h15-17,19-20,22-25,36-40,44-46,50-53H,14,18,21,26-35H2,1-13H3,(H,59,67)(H,60,72)(H,61,71)(H,62,74)(H,63,73)(H,69,70)/t38-,39+,40+,44-,45-,46+,50-,51-,52-,53+/m0/s1. The number of hydrogen-bond donors (Lipinski definition) is 6. The fraction of sp³-hybridized carbons (Fsp3) is 0.655. The SMILES string of the molecule is CC[C@H](C)[C@@H]([C@@H](CC(=O)N1CCC[C@H]1[C@H](OC)[C@@H](C)C(=O)N[C@@H](Cc1ccccc1)C(=O)NOCc1ccc(NC(=O)[C@@H](C)NC(=O)CCOCCOCCC(=O)O)cc1)OC)N(C)C(=O)[C@@H](NC(=O)[C@H](C(C)C)N(C)C)C(C)C. The molecule has 448 valence electrons. The average molecular weight is 1130 g/mol. The van der Waals surface area contributed by atoms with Crippen LogP contribution in [0.25, 0.3) is 0 Å². The number of aliphatic carboxylic acids is 1. The molecule has 0 aliphatic carbocycles. The van der Waals surface area contributed by atoms with E-state index in [1.165, 1.54) is 14.2 Å². The number of carboxylic acid groups (broad SMARTS) is 1. The Balaban J connectivity index is 1.65. The number of hydroxylamine groups is 1. The molecule has 1 fully saturated rings. The van der Waals surface area contributed by atoms with Crippen molar-refractivity contribution in [2.75, 3.05) is 73.7 Å². The van der Waals surface area contributed by atoms with Crippen molar-refractivity contribution in [2.24, 2.45) is 23.7 Å². The molecule has 0 bridgehead atoms. The third-order valence-electron chi connectivity index (χ3n) is 14.6. The molecule has 7 amide bonds. The van der Waals surface area contributed by atoms with Gasteiger partial charge >= 0.3 is 5.97 Å². The number of amides is 7. The first-order valence-corrected chi connectivity index (χ1v) is 27.9. The Hall–Kier alpha value is -6.04. The molecule has 1 aliphatic rings. The Morgan fingerprint density at radius 2 is 1.36 bits per heavy atom. The lowest BCUT2D eigenvalue weighted by atomic mass is 9.89. The average Bonchev–Trinajstić information content (AvgIpc) is 3.97. The topological polar surface area (TPSA) is 273 Å². The zero-order valence-corrected chi connectivity index (χ0v) is 49.4. The Morgan fingerprint density at radius 1 is 0.725 bits per heavy atom. The third kappa shape index (κ3) is 21.8. The van der Waals surface area contributed by atoms with Gasteiger partial charge in [-0.25, -0.2) is 5.48 Å². The van der Waals surface area contributed by atoms with Gasteiger partial charge < -0.3 is 55.1 Å². The fourth-order valence-electron chi connectivity index (χ4n) is 10.00. The summed E-state index contributed by atoms with van der Waals surface area (Å²) in [6, 6.07) is 11.7. The number of carbonyl (C=O) groups is 8. The van der Waals surface area contributed by atoms with Gasteiger partial charge in [0, 0.05) is 46.3 Å². The fourth-order valence-corrected chi connectivity index (χ4v) is 10.00. The zero-order chi connectivity index (χ0) is 59.6. The maximum atomic E-state index is 14.5. The van der Waals surface area contributed by atoms with Crippen LogP contribution >= 0.6 is 0 Å². The van der Waals surface area contributed by atoms with Crippen LogP contribution in [0.2, 0.25) is 0 Å². The van der Waals surface area contributed by atoms with Crippen LogP contribution in [-0.2, 0) is 75.2 Å². The van der Waals surface area contributed by atoms with Gasteiger partial charge in [-0.15, -0.1) is 0 Å². The molecule has 0 saturated carbocycles. The molecule has 80 heavy (non-hydrogen) atoms. The Labute approximate surface area is 473 Å². The largest absolute Gasteiger partial charge is 0.481 e. The quantitative estimate of drug-likeness (QED) is 0.0417. The minimum Gasteiger partial charge on any atom is -0.481 e. The van der Waals surface area contributed by atoms with E-state index in [-0.39, 0.29) is 100 Å². The lowest BCUT2D eigenvalue weighted by Crippen LogP contribution is -2.59. The second kappa shape index (κ2) is 35.0. The van der Waals surface area contributed by atoms with Crippen molar-refractivity contribution in [3.8, 4) is 0 Å². The van der Waals surface area contributed by atoms with E-state index in [0.29, 0.717) is 37.1 Å². The lowest BCUT2D eigenvalue weighted by molar-refractivity contribution is -0.148. The first-order valence-electron chi connectivity index (χ1n) is 27.9. The molecular formula is C58H92N8O14. The van der Waals surface area contributed by atoms with Gasteiger partial charge in [-0.3, -0.25) is 48.1 Å². The molecule has 0 spiro atoms. The molecule has 10 atom stereocenters. The van der Waals surface area contributed by atoms with Crippen molar-refractivity contribution in [2.45, 2.75) is 155 Å². The highest BCUT2D eigenvalue weighted by Gasteiger charge is 2.43. The van der Waals surface area contributed by atoms with Crippen LogP contribution in [0, 0.1) is 23.7 Å². The number of carbonyl (C=O) groups excluding carboxylic acids is 7. The second-order valence-electron chi connectivity index (χ2n) is 21.6. The second-order valence-corrected chi connectivity index (χ2v) is 21.6. The number of benzene rings is 2. The molecule has 2 aromatic rings. The smallest absolute Gasteiger partial charge is 0.305 e. The molecule has 22 heteroatoms. The number of methoxy groups -OCH3 is 2. The van der Waals surface area contributed by atoms with Crippen LogP contribution in [-0.4, -0.2) is 184 Å². The number of rotatable bonds is 36. The summed E-state index contributed by atoms with van der Waals surface area (Å²) in [5.74, 6) is -4.72. The van der Waals surface area contributed by atoms with E-state index in [1.807, 2.05) is 90.9 Å². The van der Waals surface area contributed by atoms with Crippen LogP contribution in [0.15, 0.2) is 54.6 Å². The third-order valence-corrected chi connectivity index (χ3v) is 14.6. The molecule has 1 aliphatic heterocycles. The predicted octanol–water partition coefficient (Wildman–Crippen LogP) is 3.95. The van der Waals surface area contributed by atoms with E-state index < -0.39 is 78.1 Å². The monoisotopic (exact) mass is 1120 g/mol. The van der Waals surface area contributed by atoms with Gasteiger partial charge in [0.15, 0.2) is 0 Å². The number of likely N-dealkylation sites (tertiary alicyclic amines) is 1. The van der Waals surface area contributed by atoms with Gasteiger partial charge in [-0.2, -0.15) is 0 Å². The lowest BCUT2D eigenvalue weighted by Gasteiger charge is -2.41. The van der Waals surface area contributed by atoms with Crippen LogP contribution in [0.5, 0.6) is 0 Å². The number of likely N-dealkylation sites (N-methyl/N-ethyl adjacent to an activating group) is 2. The molecule has 1 heterocycles. The van der Waals surface area contributed by atoms with Crippen molar-refractivity contribution in [3.63, 3.8) is 0 Å². The van der Waals surface area contributed by atoms with E-state index in [2.05, 4.69) is 26.7 Å². The molecule has 3 rings (SSSR count). The van der Waals surface area contributed by atoms with Gasteiger partial charge in [0.2, 0.25) is 35.4 Å². The van der Waals surface area contributed by atoms with E-state index >= 15 is 0 Å².